The number of thiazole rings is 1. The van der Waals surface area contributed by atoms with Gasteiger partial charge in [-0.1, -0.05) is 43.3 Å². The molecule has 1 saturated heterocycles. The molecule has 2 amide bonds. The lowest BCUT2D eigenvalue weighted by molar-refractivity contribution is -0.115. The maximum Gasteiger partial charge on any atom is 0.259 e. The number of ether oxygens (including phenoxy) is 2. The van der Waals surface area contributed by atoms with E-state index < -0.39 is 0 Å². The second-order valence-corrected chi connectivity index (χ2v) is 11.2. The van der Waals surface area contributed by atoms with E-state index in [9.17, 15) is 9.59 Å². The Morgan fingerprint density at radius 1 is 1.24 bits per heavy atom. The van der Waals surface area contributed by atoms with E-state index in [1.807, 2.05) is 49.9 Å². The van der Waals surface area contributed by atoms with Gasteiger partial charge < -0.3 is 24.2 Å². The standard InChI is InChI=1S/C28H28N4O5S/c1-15(2)26-20(13-29-37-26)27(34)32-9-8-18-12-19(5-6-21(18)32)25-16(3)38-28(31-25)30-24(33)11-17-4-7-22-23(10-17)36-14-35-22/h4-7,10,12-13,15,18,21H,8-9,11,14H2,1-3H3,(H,30,31,33). The summed E-state index contributed by atoms with van der Waals surface area (Å²) in [7, 11) is 0. The van der Waals surface area contributed by atoms with E-state index in [1.54, 1.807) is 0 Å². The lowest BCUT2D eigenvalue weighted by Gasteiger charge is -2.27. The number of hydrogen-bond acceptors (Lipinski definition) is 8. The fourth-order valence-corrected chi connectivity index (χ4v) is 6.10. The number of aryl methyl sites for hydroxylation is 1. The number of carbonyl (C=O) groups excluding carboxylic acids is 2. The molecule has 0 radical (unpaired) electrons. The van der Waals surface area contributed by atoms with Gasteiger partial charge in [0.05, 0.1) is 24.4 Å². The number of benzene rings is 1. The Morgan fingerprint density at radius 3 is 2.92 bits per heavy atom. The van der Waals surface area contributed by atoms with Crippen LogP contribution in [0.15, 0.2) is 47.1 Å². The van der Waals surface area contributed by atoms with Crippen LogP contribution >= 0.6 is 11.3 Å². The number of nitrogens with zero attached hydrogens (tertiary/aromatic N) is 3. The molecule has 0 saturated carbocycles. The number of likely N-dealkylation sites (tertiary alicyclic amines) is 1. The van der Waals surface area contributed by atoms with E-state index in [-0.39, 0.29) is 42.9 Å². The second kappa shape index (κ2) is 9.75. The Bertz CT molecular complexity index is 1470. The summed E-state index contributed by atoms with van der Waals surface area (Å²) in [5.41, 5.74) is 3.25. The van der Waals surface area contributed by atoms with Crippen LogP contribution < -0.4 is 14.8 Å². The van der Waals surface area contributed by atoms with Gasteiger partial charge in [0.1, 0.15) is 5.56 Å². The lowest BCUT2D eigenvalue weighted by atomic mass is 9.90. The lowest BCUT2D eigenvalue weighted by Crippen LogP contribution is -2.37. The number of rotatable bonds is 6. The van der Waals surface area contributed by atoms with Crippen LogP contribution in [0.1, 0.15) is 58.4 Å². The first kappa shape index (κ1) is 24.4. The molecule has 4 heterocycles. The number of nitrogens with one attached hydrogen (secondary N) is 1. The van der Waals surface area contributed by atoms with Gasteiger partial charge in [-0.3, -0.25) is 9.59 Å². The van der Waals surface area contributed by atoms with Crippen LogP contribution in [-0.2, 0) is 11.2 Å². The van der Waals surface area contributed by atoms with Crippen molar-refractivity contribution in [1.29, 1.82) is 0 Å². The Hall–Kier alpha value is -3.92. The minimum Gasteiger partial charge on any atom is -0.454 e. The number of aromatic nitrogens is 2. The highest BCUT2D eigenvalue weighted by atomic mass is 32.1. The largest absolute Gasteiger partial charge is 0.454 e. The van der Waals surface area contributed by atoms with Gasteiger partial charge in [-0.25, -0.2) is 4.98 Å². The van der Waals surface area contributed by atoms with Crippen LogP contribution in [0.3, 0.4) is 0 Å². The SMILES string of the molecule is Cc1sc(NC(=O)Cc2ccc3c(c2)OCO3)nc1C1=CC2CCN(C(=O)c3cnoc3C(C)C)C2C=C1. The third-order valence-corrected chi connectivity index (χ3v) is 7.99. The molecular weight excluding hydrogens is 504 g/mol. The maximum absolute atomic E-state index is 13.3. The number of amides is 2. The van der Waals surface area contributed by atoms with Crippen molar-refractivity contribution in [2.75, 3.05) is 18.7 Å². The first-order valence-corrected chi connectivity index (χ1v) is 13.5. The van der Waals surface area contributed by atoms with E-state index >= 15 is 0 Å². The predicted octanol–water partition coefficient (Wildman–Crippen LogP) is 4.96. The molecule has 3 aliphatic rings. The molecule has 6 rings (SSSR count). The summed E-state index contributed by atoms with van der Waals surface area (Å²) in [5.74, 6) is 2.08. The normalized spacial score (nSPS) is 19.6. The minimum atomic E-state index is -0.142. The summed E-state index contributed by atoms with van der Waals surface area (Å²) >= 11 is 1.46. The topological polar surface area (TPSA) is 107 Å². The molecule has 2 aromatic heterocycles. The van der Waals surface area contributed by atoms with Crippen LogP contribution in [0.25, 0.3) is 5.57 Å². The van der Waals surface area contributed by atoms with Crippen LogP contribution in [0.5, 0.6) is 11.5 Å². The van der Waals surface area contributed by atoms with Gasteiger partial charge in [0.25, 0.3) is 5.91 Å². The third kappa shape index (κ3) is 4.49. The molecule has 1 aliphatic carbocycles. The van der Waals surface area contributed by atoms with Crippen molar-refractivity contribution in [2.45, 2.75) is 45.6 Å². The highest BCUT2D eigenvalue weighted by Gasteiger charge is 2.38. The molecule has 9 nitrogen and oxygen atoms in total. The van der Waals surface area contributed by atoms with Gasteiger partial charge in [-0.15, -0.1) is 11.3 Å². The molecule has 3 aromatic rings. The average molecular weight is 533 g/mol. The predicted molar refractivity (Wildman–Crippen MR) is 142 cm³/mol. The first-order chi connectivity index (χ1) is 18.4. The molecule has 2 unspecified atom stereocenters. The van der Waals surface area contributed by atoms with Gasteiger partial charge in [0.2, 0.25) is 12.7 Å². The van der Waals surface area contributed by atoms with Crippen LogP contribution in [0, 0.1) is 12.8 Å². The van der Waals surface area contributed by atoms with Crippen LogP contribution in [-0.4, -0.2) is 46.2 Å². The van der Waals surface area contributed by atoms with Gasteiger partial charge in [0.15, 0.2) is 22.4 Å². The zero-order valence-electron chi connectivity index (χ0n) is 21.4. The molecule has 196 valence electrons. The Balaban J connectivity index is 1.13. The maximum atomic E-state index is 13.3. The van der Waals surface area contributed by atoms with Crippen LogP contribution in [0.4, 0.5) is 5.13 Å². The molecule has 10 heteroatoms. The fraction of sp³-hybridized carbons (Fsp3) is 0.357. The van der Waals surface area contributed by atoms with E-state index in [2.05, 4.69) is 22.6 Å². The van der Waals surface area contributed by atoms with E-state index in [0.717, 1.165) is 28.1 Å². The van der Waals surface area contributed by atoms with Crippen molar-refractivity contribution in [3.8, 4) is 11.5 Å². The summed E-state index contributed by atoms with van der Waals surface area (Å²) in [6, 6.07) is 5.50. The first-order valence-electron chi connectivity index (χ1n) is 12.7. The summed E-state index contributed by atoms with van der Waals surface area (Å²) in [4.78, 5) is 33.7. The van der Waals surface area contributed by atoms with E-state index in [1.165, 1.54) is 17.5 Å². The quantitative estimate of drug-likeness (QED) is 0.478. The Kier molecular flexibility index (Phi) is 6.27. The number of allylic oxidation sites excluding steroid dienone is 2. The van der Waals surface area contributed by atoms with Crippen molar-refractivity contribution in [3.63, 3.8) is 0 Å². The fourth-order valence-electron chi connectivity index (χ4n) is 5.25. The molecule has 38 heavy (non-hydrogen) atoms. The summed E-state index contributed by atoms with van der Waals surface area (Å²) in [6.07, 6.45) is 8.93. The zero-order valence-corrected chi connectivity index (χ0v) is 22.2. The van der Waals surface area contributed by atoms with Crippen molar-refractivity contribution in [3.05, 3.63) is 70.1 Å². The monoisotopic (exact) mass is 532 g/mol. The smallest absolute Gasteiger partial charge is 0.259 e. The Morgan fingerprint density at radius 2 is 2.08 bits per heavy atom. The van der Waals surface area contributed by atoms with Gasteiger partial charge in [-0.05, 0) is 36.6 Å². The third-order valence-electron chi connectivity index (χ3n) is 7.10. The van der Waals surface area contributed by atoms with Gasteiger partial charge >= 0.3 is 0 Å². The molecule has 0 spiro atoms. The van der Waals surface area contributed by atoms with E-state index in [4.69, 9.17) is 19.0 Å². The average Bonchev–Trinajstić information content (AvgIpc) is 3.68. The van der Waals surface area contributed by atoms with Gasteiger partial charge in [0, 0.05) is 23.3 Å². The van der Waals surface area contributed by atoms with Crippen molar-refractivity contribution >= 4 is 33.9 Å². The molecule has 1 fully saturated rings. The molecular formula is C28H28N4O5S. The summed E-state index contributed by atoms with van der Waals surface area (Å²) in [6.45, 7) is 6.86. The van der Waals surface area contributed by atoms with Crippen molar-refractivity contribution in [1.82, 2.24) is 15.0 Å². The van der Waals surface area contributed by atoms with E-state index in [0.29, 0.717) is 34.5 Å². The highest BCUT2D eigenvalue weighted by molar-refractivity contribution is 7.15. The molecule has 0 bridgehead atoms. The zero-order chi connectivity index (χ0) is 26.4. The Labute approximate surface area is 224 Å². The van der Waals surface area contributed by atoms with Gasteiger partial charge in [-0.2, -0.15) is 0 Å². The number of carbonyl (C=O) groups is 2. The summed E-state index contributed by atoms with van der Waals surface area (Å²) < 4.78 is 16.1. The van der Waals surface area contributed by atoms with Crippen LogP contribution in [0.2, 0.25) is 0 Å². The number of fused-ring (bicyclic) bond motifs is 2. The molecule has 1 aromatic carbocycles. The second-order valence-electron chi connectivity index (χ2n) is 10.0. The molecule has 1 N–H and O–H groups in total. The molecule has 2 aliphatic heterocycles. The highest BCUT2D eigenvalue weighted by Crippen LogP contribution is 2.38. The van der Waals surface area contributed by atoms with Crippen molar-refractivity contribution in [2.24, 2.45) is 5.92 Å². The number of hydrogen-bond donors (Lipinski definition) is 1. The number of anilines is 1. The molecule has 2 atom stereocenters. The van der Waals surface area contributed by atoms with Crippen molar-refractivity contribution < 1.29 is 23.6 Å². The summed E-state index contributed by atoms with van der Waals surface area (Å²) in [5, 5.41) is 7.36. The minimum absolute atomic E-state index is 0.0130.